The molecule has 2 aromatic carbocycles. The van der Waals surface area contributed by atoms with Crippen LogP contribution in [0.25, 0.3) is 0 Å². The van der Waals surface area contributed by atoms with Crippen LogP contribution in [-0.4, -0.2) is 44.6 Å². The van der Waals surface area contributed by atoms with Crippen LogP contribution < -0.4 is 25.6 Å². The summed E-state index contributed by atoms with van der Waals surface area (Å²) >= 11 is 0. The molecule has 0 radical (unpaired) electrons. The highest BCUT2D eigenvalue weighted by molar-refractivity contribution is 6.01. The van der Waals surface area contributed by atoms with E-state index in [-0.39, 0.29) is 24.7 Å². The van der Waals surface area contributed by atoms with Crippen molar-refractivity contribution < 1.29 is 28.4 Å². The van der Waals surface area contributed by atoms with E-state index in [0.29, 0.717) is 22.9 Å². The smallest absolute Gasteiger partial charge is 0.326 e. The molecule has 1 unspecified atom stereocenters. The summed E-state index contributed by atoms with van der Waals surface area (Å²) in [5.41, 5.74) is 0.550. The molecule has 8 nitrogen and oxygen atoms in total. The van der Waals surface area contributed by atoms with Crippen LogP contribution >= 0.6 is 0 Å². The molecular weight excluding hydrogens is 379 g/mol. The van der Waals surface area contributed by atoms with Gasteiger partial charge in [0.15, 0.2) is 13.1 Å². The van der Waals surface area contributed by atoms with E-state index in [9.17, 15) is 18.8 Å². The van der Waals surface area contributed by atoms with E-state index < -0.39 is 17.8 Å². The number of likely N-dealkylation sites (N-methyl/N-ethyl adjacent to an activating group) is 1. The number of hydrogen-bond acceptors (Lipinski definition) is 4. The predicted octanol–water partition coefficient (Wildman–Crippen LogP) is 1.03. The van der Waals surface area contributed by atoms with E-state index in [0.717, 1.165) is 0 Å². The van der Waals surface area contributed by atoms with Crippen LogP contribution in [0, 0.1) is 5.82 Å². The van der Waals surface area contributed by atoms with Crippen LogP contribution in [0.3, 0.4) is 0 Å². The van der Waals surface area contributed by atoms with Crippen molar-refractivity contribution in [3.05, 3.63) is 54.3 Å². The maximum Gasteiger partial charge on any atom is 0.326 e. The van der Waals surface area contributed by atoms with Gasteiger partial charge in [-0.3, -0.25) is 14.9 Å². The van der Waals surface area contributed by atoms with Crippen molar-refractivity contribution in [2.75, 3.05) is 37.4 Å². The van der Waals surface area contributed by atoms with Gasteiger partial charge < -0.3 is 20.3 Å². The Labute approximate surface area is 168 Å². The highest BCUT2D eigenvalue weighted by Crippen LogP contribution is 2.16. The van der Waals surface area contributed by atoms with Gasteiger partial charge in [0.1, 0.15) is 11.6 Å². The molecule has 29 heavy (non-hydrogen) atoms. The third-order valence-electron chi connectivity index (χ3n) is 4.05. The highest BCUT2D eigenvalue weighted by Gasteiger charge is 2.19. The molecule has 0 spiro atoms. The summed E-state index contributed by atoms with van der Waals surface area (Å²) in [5, 5.41) is 7.15. The number of urea groups is 1. The van der Waals surface area contributed by atoms with Gasteiger partial charge in [0.25, 0.3) is 11.8 Å². The second-order valence-corrected chi connectivity index (χ2v) is 6.22. The maximum absolute atomic E-state index is 13.5. The number of carbonyl (C=O) groups is 3. The highest BCUT2D eigenvalue weighted by atomic mass is 19.1. The second-order valence-electron chi connectivity index (χ2n) is 6.22. The number of methoxy groups -OCH3 is 1. The summed E-state index contributed by atoms with van der Waals surface area (Å²) in [7, 11) is 1.53. The number of para-hydroxylation sites is 1. The van der Waals surface area contributed by atoms with Crippen molar-refractivity contribution in [1.82, 2.24) is 5.32 Å². The van der Waals surface area contributed by atoms with E-state index in [1.165, 1.54) is 25.3 Å². The summed E-state index contributed by atoms with van der Waals surface area (Å²) in [6.45, 7) is 2.26. The minimum atomic E-state index is -0.837. The van der Waals surface area contributed by atoms with E-state index in [4.69, 9.17) is 4.74 Å². The predicted molar refractivity (Wildman–Crippen MR) is 106 cm³/mol. The summed E-state index contributed by atoms with van der Waals surface area (Å²) in [4.78, 5) is 36.8. The van der Waals surface area contributed by atoms with Crippen molar-refractivity contribution in [2.45, 2.75) is 6.92 Å². The molecule has 0 aliphatic carbocycles. The van der Waals surface area contributed by atoms with Crippen molar-refractivity contribution in [3.8, 4) is 5.75 Å². The monoisotopic (exact) mass is 403 g/mol. The first-order valence-corrected chi connectivity index (χ1v) is 9.04. The van der Waals surface area contributed by atoms with E-state index >= 15 is 0 Å². The Kier molecular flexibility index (Phi) is 8.11. The van der Waals surface area contributed by atoms with Gasteiger partial charge in [-0.1, -0.05) is 18.2 Å². The topological polar surface area (TPSA) is 101 Å². The molecule has 0 aliphatic rings. The standard InChI is InChI=1S/C20H23FN4O4/c1-3-25(12-18(26)22-14-7-6-8-15(11-14)29-2)13-19(27)24-20(28)23-17-10-5-4-9-16(17)21/h4-11H,3,12-13H2,1-2H3,(H,22,26)(H2,23,24,27,28)/p+1. The van der Waals surface area contributed by atoms with Crippen LogP contribution in [-0.2, 0) is 9.59 Å². The first-order valence-electron chi connectivity index (χ1n) is 9.04. The van der Waals surface area contributed by atoms with E-state index in [1.807, 2.05) is 6.92 Å². The molecule has 154 valence electrons. The summed E-state index contributed by atoms with van der Waals surface area (Å²) in [5.74, 6) is -0.851. The molecule has 0 fully saturated rings. The Morgan fingerprint density at radius 3 is 2.41 bits per heavy atom. The molecule has 0 aromatic heterocycles. The first kappa shape index (κ1) is 21.8. The van der Waals surface area contributed by atoms with Gasteiger partial charge in [-0.05, 0) is 31.2 Å². The summed E-state index contributed by atoms with van der Waals surface area (Å²) < 4.78 is 18.6. The molecule has 1 atom stereocenters. The lowest BCUT2D eigenvalue weighted by Crippen LogP contribution is -3.14. The van der Waals surface area contributed by atoms with Gasteiger partial charge in [-0.15, -0.1) is 0 Å². The summed E-state index contributed by atoms with van der Waals surface area (Å²) in [6, 6.07) is 11.7. The zero-order valence-electron chi connectivity index (χ0n) is 16.3. The van der Waals surface area contributed by atoms with Gasteiger partial charge in [0, 0.05) is 11.8 Å². The molecule has 0 heterocycles. The van der Waals surface area contributed by atoms with Crippen LogP contribution in [0.2, 0.25) is 0 Å². The van der Waals surface area contributed by atoms with Crippen molar-refractivity contribution in [1.29, 1.82) is 0 Å². The number of benzene rings is 2. The molecular formula is C20H24FN4O4+. The number of halogens is 1. The Hall–Kier alpha value is -3.46. The molecule has 2 aromatic rings. The number of anilines is 2. The molecule has 0 saturated heterocycles. The maximum atomic E-state index is 13.5. The number of hydrogen-bond donors (Lipinski definition) is 4. The average molecular weight is 403 g/mol. The zero-order valence-corrected chi connectivity index (χ0v) is 16.3. The molecule has 0 bridgehead atoms. The average Bonchev–Trinajstić information content (AvgIpc) is 2.69. The molecule has 2 rings (SSSR count). The summed E-state index contributed by atoms with van der Waals surface area (Å²) in [6.07, 6.45) is 0. The molecule has 9 heteroatoms. The number of nitrogens with one attached hydrogen (secondary N) is 4. The fourth-order valence-electron chi connectivity index (χ4n) is 2.56. The third kappa shape index (κ3) is 7.23. The van der Waals surface area contributed by atoms with Gasteiger partial charge >= 0.3 is 6.03 Å². The number of carbonyl (C=O) groups excluding carboxylic acids is 3. The van der Waals surface area contributed by atoms with Crippen molar-refractivity contribution in [2.24, 2.45) is 0 Å². The SMILES string of the molecule is CC[NH+](CC(=O)NC(=O)Nc1ccccc1F)CC(=O)Nc1cccc(OC)c1. The lowest BCUT2D eigenvalue weighted by Gasteiger charge is -2.17. The molecule has 4 N–H and O–H groups in total. The van der Waals surface area contributed by atoms with Crippen LogP contribution in [0.1, 0.15) is 6.92 Å². The second kappa shape index (κ2) is 10.8. The largest absolute Gasteiger partial charge is 0.497 e. The Morgan fingerprint density at radius 2 is 1.72 bits per heavy atom. The fourth-order valence-corrected chi connectivity index (χ4v) is 2.56. The van der Waals surface area contributed by atoms with E-state index in [2.05, 4.69) is 16.0 Å². The van der Waals surface area contributed by atoms with Gasteiger partial charge in [0.05, 0.1) is 19.3 Å². The Bertz CT molecular complexity index is 875. The first-order chi connectivity index (χ1) is 13.9. The van der Waals surface area contributed by atoms with Gasteiger partial charge in [-0.2, -0.15) is 0 Å². The van der Waals surface area contributed by atoms with E-state index in [1.54, 1.807) is 30.3 Å². The Balaban J connectivity index is 1.83. The zero-order chi connectivity index (χ0) is 21.2. The minimum absolute atomic E-state index is 0.0323. The van der Waals surface area contributed by atoms with Crippen molar-refractivity contribution >= 4 is 29.2 Å². The van der Waals surface area contributed by atoms with Gasteiger partial charge in [-0.25, -0.2) is 9.18 Å². The lowest BCUT2D eigenvalue weighted by atomic mass is 10.3. The third-order valence-corrected chi connectivity index (χ3v) is 4.05. The fraction of sp³-hybridized carbons (Fsp3) is 0.250. The Morgan fingerprint density at radius 1 is 1.00 bits per heavy atom. The van der Waals surface area contributed by atoms with Crippen molar-refractivity contribution in [3.63, 3.8) is 0 Å². The number of amides is 4. The lowest BCUT2D eigenvalue weighted by molar-refractivity contribution is -0.881. The number of rotatable bonds is 8. The van der Waals surface area contributed by atoms with Crippen LogP contribution in [0.4, 0.5) is 20.6 Å². The quantitative estimate of drug-likeness (QED) is 0.529. The number of quaternary nitrogens is 1. The molecule has 0 saturated carbocycles. The number of ether oxygens (including phenoxy) is 1. The van der Waals surface area contributed by atoms with Gasteiger partial charge in [0.2, 0.25) is 0 Å². The minimum Gasteiger partial charge on any atom is -0.497 e. The number of imide groups is 1. The normalized spacial score (nSPS) is 11.3. The molecule has 4 amide bonds. The van der Waals surface area contributed by atoms with Crippen LogP contribution in [0.15, 0.2) is 48.5 Å². The van der Waals surface area contributed by atoms with Crippen LogP contribution in [0.5, 0.6) is 5.75 Å². The molecule has 0 aliphatic heterocycles.